The molecule has 2 saturated heterocycles. The number of likely N-dealkylation sites (tertiary alicyclic amines) is 1. The first kappa shape index (κ1) is 17.2. The first-order valence-electron chi connectivity index (χ1n) is 9.27. The number of morpholine rings is 1. The fourth-order valence-corrected chi connectivity index (χ4v) is 4.12. The standard InChI is InChI=1S/C19H25N5O2/c1-15-18(22-8-10-26-11-9-22)6-7-24(15)19(25)17-5-3-2-4-16(17)12-23-14-20-13-21-23/h2-5,13-15,18H,6-12H2,1H3/t15-,18-/m1/s1. The van der Waals surface area contributed by atoms with Crippen molar-refractivity contribution in [2.24, 2.45) is 0 Å². The van der Waals surface area contributed by atoms with E-state index in [1.54, 1.807) is 11.0 Å². The van der Waals surface area contributed by atoms with Crippen LogP contribution in [0.15, 0.2) is 36.9 Å². The number of carbonyl (C=O) groups excluding carboxylic acids is 1. The molecule has 7 nitrogen and oxygen atoms in total. The molecule has 0 spiro atoms. The number of nitrogens with zero attached hydrogens (tertiary/aromatic N) is 5. The molecule has 2 aliphatic heterocycles. The largest absolute Gasteiger partial charge is 0.379 e. The predicted octanol–water partition coefficient (Wildman–Crippen LogP) is 1.26. The van der Waals surface area contributed by atoms with Crippen LogP contribution in [-0.4, -0.2) is 75.4 Å². The summed E-state index contributed by atoms with van der Waals surface area (Å²) in [7, 11) is 0. The van der Waals surface area contributed by atoms with Gasteiger partial charge in [-0.25, -0.2) is 9.67 Å². The maximum Gasteiger partial charge on any atom is 0.254 e. The van der Waals surface area contributed by atoms with Gasteiger partial charge in [-0.1, -0.05) is 18.2 Å². The molecule has 2 aromatic rings. The molecule has 3 heterocycles. The summed E-state index contributed by atoms with van der Waals surface area (Å²) in [5.74, 6) is 0.115. The highest BCUT2D eigenvalue weighted by Gasteiger charge is 2.38. The van der Waals surface area contributed by atoms with E-state index in [9.17, 15) is 4.79 Å². The van der Waals surface area contributed by atoms with Gasteiger partial charge in [0.05, 0.1) is 19.8 Å². The average molecular weight is 355 g/mol. The molecule has 2 fully saturated rings. The van der Waals surface area contributed by atoms with E-state index in [-0.39, 0.29) is 11.9 Å². The third kappa shape index (κ3) is 3.37. The van der Waals surface area contributed by atoms with Crippen LogP contribution in [0, 0.1) is 0 Å². The van der Waals surface area contributed by atoms with E-state index in [4.69, 9.17) is 4.74 Å². The lowest BCUT2D eigenvalue weighted by Gasteiger charge is -2.35. The second-order valence-corrected chi connectivity index (χ2v) is 6.99. The summed E-state index contributed by atoms with van der Waals surface area (Å²) < 4.78 is 7.21. The molecule has 0 unspecified atom stereocenters. The van der Waals surface area contributed by atoms with Crippen LogP contribution < -0.4 is 0 Å². The van der Waals surface area contributed by atoms with Crippen molar-refractivity contribution in [2.75, 3.05) is 32.8 Å². The molecule has 1 amide bonds. The molecule has 0 aliphatic carbocycles. The molecule has 0 bridgehead atoms. The van der Waals surface area contributed by atoms with Crippen LogP contribution in [0.3, 0.4) is 0 Å². The second kappa shape index (κ2) is 7.55. The Hall–Kier alpha value is -2.25. The van der Waals surface area contributed by atoms with Crippen LogP contribution in [0.25, 0.3) is 0 Å². The fraction of sp³-hybridized carbons (Fsp3) is 0.526. The molecule has 0 saturated carbocycles. The van der Waals surface area contributed by atoms with E-state index in [0.717, 1.165) is 50.4 Å². The van der Waals surface area contributed by atoms with Gasteiger partial charge in [0.25, 0.3) is 5.91 Å². The number of benzene rings is 1. The summed E-state index contributed by atoms with van der Waals surface area (Å²) >= 11 is 0. The lowest BCUT2D eigenvalue weighted by molar-refractivity contribution is 0.0104. The maximum absolute atomic E-state index is 13.3. The monoisotopic (exact) mass is 355 g/mol. The number of carbonyl (C=O) groups is 1. The first-order valence-corrected chi connectivity index (χ1v) is 9.27. The van der Waals surface area contributed by atoms with Crippen molar-refractivity contribution in [2.45, 2.75) is 32.0 Å². The van der Waals surface area contributed by atoms with Crippen LogP contribution in [-0.2, 0) is 11.3 Å². The highest BCUT2D eigenvalue weighted by molar-refractivity contribution is 5.96. The SMILES string of the molecule is C[C@@H]1[C@H](N2CCOCC2)CCN1C(=O)c1ccccc1Cn1cncn1. The Morgan fingerprint density at radius 1 is 1.23 bits per heavy atom. The number of ether oxygens (including phenoxy) is 1. The van der Waals surface area contributed by atoms with E-state index in [0.29, 0.717) is 12.6 Å². The Labute approximate surface area is 153 Å². The molecule has 0 N–H and O–H groups in total. The Morgan fingerprint density at radius 3 is 2.81 bits per heavy atom. The smallest absolute Gasteiger partial charge is 0.254 e. The normalized spacial score (nSPS) is 24.1. The lowest BCUT2D eigenvalue weighted by Crippen LogP contribution is -2.49. The Morgan fingerprint density at radius 2 is 2.04 bits per heavy atom. The van der Waals surface area contributed by atoms with Gasteiger partial charge >= 0.3 is 0 Å². The summed E-state index contributed by atoms with van der Waals surface area (Å²) in [5.41, 5.74) is 1.74. The van der Waals surface area contributed by atoms with Crippen LogP contribution in [0.1, 0.15) is 29.3 Å². The molecule has 1 aromatic carbocycles. The number of amides is 1. The van der Waals surface area contributed by atoms with Gasteiger partial charge in [-0.05, 0) is 25.0 Å². The van der Waals surface area contributed by atoms with Crippen LogP contribution in [0.5, 0.6) is 0 Å². The molecule has 7 heteroatoms. The van der Waals surface area contributed by atoms with Crippen LogP contribution >= 0.6 is 0 Å². The Bertz CT molecular complexity index is 742. The van der Waals surface area contributed by atoms with E-state index in [1.807, 2.05) is 29.2 Å². The molecule has 2 aliphatic rings. The average Bonchev–Trinajstić information content (AvgIpc) is 3.32. The molecular weight excluding hydrogens is 330 g/mol. The van der Waals surface area contributed by atoms with Gasteiger partial charge in [-0.3, -0.25) is 9.69 Å². The van der Waals surface area contributed by atoms with Gasteiger partial charge in [0.2, 0.25) is 0 Å². The lowest BCUT2D eigenvalue weighted by atomic mass is 10.0. The van der Waals surface area contributed by atoms with Crippen molar-refractivity contribution < 1.29 is 9.53 Å². The van der Waals surface area contributed by atoms with E-state index in [2.05, 4.69) is 21.9 Å². The van der Waals surface area contributed by atoms with Crippen molar-refractivity contribution in [3.63, 3.8) is 0 Å². The number of hydrogen-bond acceptors (Lipinski definition) is 5. The minimum Gasteiger partial charge on any atom is -0.379 e. The number of rotatable bonds is 4. The van der Waals surface area contributed by atoms with Gasteiger partial charge in [-0.2, -0.15) is 5.10 Å². The molecule has 0 radical (unpaired) electrons. The highest BCUT2D eigenvalue weighted by Crippen LogP contribution is 2.26. The van der Waals surface area contributed by atoms with Gasteiger partial charge in [0.15, 0.2) is 0 Å². The van der Waals surface area contributed by atoms with E-state index < -0.39 is 0 Å². The quantitative estimate of drug-likeness (QED) is 0.826. The highest BCUT2D eigenvalue weighted by atomic mass is 16.5. The fourth-order valence-electron chi connectivity index (χ4n) is 4.12. The molecule has 1 aromatic heterocycles. The predicted molar refractivity (Wildman–Crippen MR) is 96.9 cm³/mol. The van der Waals surface area contributed by atoms with Crippen molar-refractivity contribution >= 4 is 5.91 Å². The summed E-state index contributed by atoms with van der Waals surface area (Å²) in [5, 5.41) is 4.16. The maximum atomic E-state index is 13.3. The number of hydrogen-bond donors (Lipinski definition) is 0. The molecular formula is C19H25N5O2. The molecule has 26 heavy (non-hydrogen) atoms. The topological polar surface area (TPSA) is 63.5 Å². The van der Waals surface area contributed by atoms with Gasteiger partial charge in [0, 0.05) is 37.3 Å². The molecule has 2 atom stereocenters. The molecule has 4 rings (SSSR count). The summed E-state index contributed by atoms with van der Waals surface area (Å²) in [6, 6.07) is 8.44. The zero-order chi connectivity index (χ0) is 17.9. The second-order valence-electron chi connectivity index (χ2n) is 6.99. The van der Waals surface area contributed by atoms with Crippen molar-refractivity contribution in [1.29, 1.82) is 0 Å². The minimum atomic E-state index is 0.115. The van der Waals surface area contributed by atoms with Crippen molar-refractivity contribution in [1.82, 2.24) is 24.6 Å². The first-order chi connectivity index (χ1) is 12.7. The summed E-state index contributed by atoms with van der Waals surface area (Å²) in [6.07, 6.45) is 4.21. The van der Waals surface area contributed by atoms with Crippen molar-refractivity contribution in [3.8, 4) is 0 Å². The zero-order valence-corrected chi connectivity index (χ0v) is 15.1. The summed E-state index contributed by atoms with van der Waals surface area (Å²) in [6.45, 7) is 7.03. The number of aromatic nitrogens is 3. The van der Waals surface area contributed by atoms with Crippen molar-refractivity contribution in [3.05, 3.63) is 48.0 Å². The van der Waals surface area contributed by atoms with Crippen LogP contribution in [0.4, 0.5) is 0 Å². The zero-order valence-electron chi connectivity index (χ0n) is 15.1. The third-order valence-corrected chi connectivity index (χ3v) is 5.54. The van der Waals surface area contributed by atoms with E-state index in [1.165, 1.54) is 6.33 Å². The van der Waals surface area contributed by atoms with Gasteiger partial charge < -0.3 is 9.64 Å². The molecule has 138 valence electrons. The Kier molecular flexibility index (Phi) is 4.99. The van der Waals surface area contributed by atoms with Crippen LogP contribution in [0.2, 0.25) is 0 Å². The third-order valence-electron chi connectivity index (χ3n) is 5.54. The van der Waals surface area contributed by atoms with Gasteiger partial charge in [0.1, 0.15) is 12.7 Å². The van der Waals surface area contributed by atoms with Gasteiger partial charge in [-0.15, -0.1) is 0 Å². The van der Waals surface area contributed by atoms with E-state index >= 15 is 0 Å². The Balaban J connectivity index is 1.51. The minimum absolute atomic E-state index is 0.115. The summed E-state index contributed by atoms with van der Waals surface area (Å²) in [4.78, 5) is 21.8.